The Bertz CT molecular complexity index is 675. The monoisotopic (exact) mass is 298 g/mol. The van der Waals surface area contributed by atoms with Gasteiger partial charge >= 0.3 is 6.09 Å². The van der Waals surface area contributed by atoms with Gasteiger partial charge in [-0.3, -0.25) is 5.32 Å². The van der Waals surface area contributed by atoms with Crippen LogP contribution in [0.5, 0.6) is 0 Å². The van der Waals surface area contributed by atoms with E-state index in [1.54, 1.807) is 36.4 Å². The fourth-order valence-corrected chi connectivity index (χ4v) is 2.04. The van der Waals surface area contributed by atoms with E-state index in [1.807, 2.05) is 4.90 Å². The van der Waals surface area contributed by atoms with Gasteiger partial charge in [-0.1, -0.05) is 18.1 Å². The fourth-order valence-electron chi connectivity index (χ4n) is 2.04. The van der Waals surface area contributed by atoms with Gasteiger partial charge in [0.15, 0.2) is 0 Å². The zero-order valence-corrected chi connectivity index (χ0v) is 11.8. The minimum absolute atomic E-state index is 0.281. The quantitative estimate of drug-likeness (QED) is 0.830. The summed E-state index contributed by atoms with van der Waals surface area (Å²) in [5, 5.41) is 10.9. The minimum atomic E-state index is -1.11. The van der Waals surface area contributed by atoms with Gasteiger partial charge in [0.1, 0.15) is 5.82 Å². The molecule has 2 rings (SSSR count). The molecule has 0 aliphatic heterocycles. The number of halogens is 1. The number of hydrogen-bond acceptors (Lipinski definition) is 2. The Morgan fingerprint density at radius 3 is 2.36 bits per heavy atom. The lowest BCUT2D eigenvalue weighted by molar-refractivity contribution is 0.210. The Morgan fingerprint density at radius 1 is 1.18 bits per heavy atom. The first-order valence-electron chi connectivity index (χ1n) is 6.61. The zero-order chi connectivity index (χ0) is 15.9. The molecule has 4 nitrogen and oxygen atoms in total. The summed E-state index contributed by atoms with van der Waals surface area (Å²) < 4.78 is 12.9. The Balaban J connectivity index is 2.15. The summed E-state index contributed by atoms with van der Waals surface area (Å²) in [5.74, 6) is 2.31. The van der Waals surface area contributed by atoms with Crippen molar-refractivity contribution < 1.29 is 14.3 Å². The highest BCUT2D eigenvalue weighted by molar-refractivity contribution is 5.83. The van der Waals surface area contributed by atoms with E-state index in [0.29, 0.717) is 18.8 Å². The van der Waals surface area contributed by atoms with Crippen LogP contribution in [-0.2, 0) is 6.54 Å². The van der Waals surface area contributed by atoms with Crippen molar-refractivity contribution in [3.8, 4) is 12.3 Å². The van der Waals surface area contributed by atoms with Crippen molar-refractivity contribution in [3.05, 3.63) is 59.9 Å². The van der Waals surface area contributed by atoms with Crippen LogP contribution in [0.25, 0.3) is 0 Å². The first-order valence-corrected chi connectivity index (χ1v) is 6.61. The maximum absolute atomic E-state index is 12.9. The van der Waals surface area contributed by atoms with Crippen molar-refractivity contribution in [3.63, 3.8) is 0 Å². The maximum atomic E-state index is 12.9. The number of amides is 1. The first-order chi connectivity index (χ1) is 10.6. The van der Waals surface area contributed by atoms with Crippen LogP contribution in [0.15, 0.2) is 48.5 Å². The topological polar surface area (TPSA) is 52.6 Å². The van der Waals surface area contributed by atoms with E-state index in [0.717, 1.165) is 11.3 Å². The molecule has 22 heavy (non-hydrogen) atoms. The molecule has 0 fully saturated rings. The van der Waals surface area contributed by atoms with E-state index in [9.17, 15) is 9.18 Å². The van der Waals surface area contributed by atoms with Gasteiger partial charge in [-0.25, -0.2) is 9.18 Å². The van der Waals surface area contributed by atoms with E-state index in [-0.39, 0.29) is 5.82 Å². The van der Waals surface area contributed by atoms with Crippen molar-refractivity contribution in [1.29, 1.82) is 0 Å². The summed E-state index contributed by atoms with van der Waals surface area (Å²) in [5.41, 5.74) is 2.28. The Kier molecular flexibility index (Phi) is 4.99. The largest absolute Gasteiger partial charge is 0.465 e. The summed E-state index contributed by atoms with van der Waals surface area (Å²) in [6.07, 6.45) is 4.29. The van der Waals surface area contributed by atoms with Crippen molar-refractivity contribution in [2.75, 3.05) is 16.8 Å². The summed E-state index contributed by atoms with van der Waals surface area (Å²) >= 11 is 0. The molecule has 0 atom stereocenters. The second-order valence-electron chi connectivity index (χ2n) is 4.66. The minimum Gasteiger partial charge on any atom is -0.465 e. The Labute approximate surface area is 128 Å². The molecule has 2 aromatic rings. The van der Waals surface area contributed by atoms with Crippen molar-refractivity contribution in [2.24, 2.45) is 0 Å². The van der Waals surface area contributed by atoms with Gasteiger partial charge in [0.2, 0.25) is 0 Å². The summed E-state index contributed by atoms with van der Waals surface area (Å²) in [4.78, 5) is 12.5. The van der Waals surface area contributed by atoms with E-state index in [2.05, 4.69) is 11.2 Å². The fraction of sp³-hybridized carbons (Fsp3) is 0.118. The van der Waals surface area contributed by atoms with Gasteiger partial charge in [-0.15, -0.1) is 6.42 Å². The van der Waals surface area contributed by atoms with Crippen LogP contribution in [0, 0.1) is 18.2 Å². The van der Waals surface area contributed by atoms with E-state index >= 15 is 0 Å². The van der Waals surface area contributed by atoms with Gasteiger partial charge < -0.3 is 10.0 Å². The van der Waals surface area contributed by atoms with Crippen LogP contribution in [0.1, 0.15) is 5.56 Å². The maximum Gasteiger partial charge on any atom is 0.409 e. The van der Waals surface area contributed by atoms with Gasteiger partial charge in [-0.2, -0.15) is 0 Å². The molecule has 1 amide bonds. The molecule has 2 aromatic carbocycles. The van der Waals surface area contributed by atoms with Crippen LogP contribution in [0.2, 0.25) is 0 Å². The number of hydrogen-bond donors (Lipinski definition) is 2. The van der Waals surface area contributed by atoms with Gasteiger partial charge in [0.05, 0.1) is 6.54 Å². The molecular weight excluding hydrogens is 283 g/mol. The molecule has 112 valence electrons. The number of rotatable bonds is 5. The summed E-state index contributed by atoms with van der Waals surface area (Å²) in [6.45, 7) is 0.930. The van der Waals surface area contributed by atoms with Crippen LogP contribution in [0.4, 0.5) is 20.6 Å². The molecule has 0 saturated heterocycles. The molecule has 0 heterocycles. The van der Waals surface area contributed by atoms with Crippen LogP contribution in [-0.4, -0.2) is 17.7 Å². The summed E-state index contributed by atoms with van der Waals surface area (Å²) in [7, 11) is 0. The number of carboxylic acid groups (broad SMARTS) is 1. The number of benzene rings is 2. The summed E-state index contributed by atoms with van der Waals surface area (Å²) in [6, 6.07) is 13.1. The first kappa shape index (κ1) is 15.4. The molecule has 5 heteroatoms. The third kappa shape index (κ3) is 4.25. The standard InChI is InChI=1S/C17H15FN2O2/c1-2-11-20(12-13-3-5-14(18)6-4-13)16-9-7-15(8-10-16)19-17(21)22/h1,3-10,19H,11-12H2,(H,21,22). The van der Waals surface area contributed by atoms with Gasteiger partial charge in [-0.05, 0) is 42.0 Å². The van der Waals surface area contributed by atoms with Crippen molar-refractivity contribution in [1.82, 2.24) is 0 Å². The lowest BCUT2D eigenvalue weighted by Crippen LogP contribution is -2.22. The molecule has 0 spiro atoms. The highest BCUT2D eigenvalue weighted by Gasteiger charge is 2.07. The molecule has 0 bridgehead atoms. The average molecular weight is 298 g/mol. The number of anilines is 2. The lowest BCUT2D eigenvalue weighted by atomic mass is 10.2. The second kappa shape index (κ2) is 7.14. The molecular formula is C17H15FN2O2. The van der Waals surface area contributed by atoms with Crippen LogP contribution < -0.4 is 10.2 Å². The highest BCUT2D eigenvalue weighted by atomic mass is 19.1. The molecule has 2 N–H and O–H groups in total. The highest BCUT2D eigenvalue weighted by Crippen LogP contribution is 2.20. The zero-order valence-electron chi connectivity index (χ0n) is 11.8. The normalized spacial score (nSPS) is 9.82. The number of carbonyl (C=O) groups is 1. The Hall–Kier alpha value is -3.00. The van der Waals surface area contributed by atoms with E-state index in [1.165, 1.54) is 12.1 Å². The molecule has 0 radical (unpaired) electrons. The third-order valence-electron chi connectivity index (χ3n) is 3.05. The third-order valence-corrected chi connectivity index (χ3v) is 3.05. The van der Waals surface area contributed by atoms with Gasteiger partial charge in [0.25, 0.3) is 0 Å². The van der Waals surface area contributed by atoms with Crippen molar-refractivity contribution in [2.45, 2.75) is 6.54 Å². The number of terminal acetylenes is 1. The Morgan fingerprint density at radius 2 is 1.82 bits per heavy atom. The van der Waals surface area contributed by atoms with Crippen LogP contribution in [0.3, 0.4) is 0 Å². The number of nitrogens with one attached hydrogen (secondary N) is 1. The van der Waals surface area contributed by atoms with Crippen LogP contribution >= 0.6 is 0 Å². The van der Waals surface area contributed by atoms with Gasteiger partial charge in [0, 0.05) is 17.9 Å². The predicted octanol–water partition coefficient (Wildman–Crippen LogP) is 3.56. The molecule has 0 saturated carbocycles. The smallest absolute Gasteiger partial charge is 0.409 e. The van der Waals surface area contributed by atoms with E-state index in [4.69, 9.17) is 11.5 Å². The molecule has 0 aliphatic carbocycles. The van der Waals surface area contributed by atoms with E-state index < -0.39 is 6.09 Å². The lowest BCUT2D eigenvalue weighted by Gasteiger charge is -2.23. The second-order valence-corrected chi connectivity index (χ2v) is 4.66. The molecule has 0 aromatic heterocycles. The van der Waals surface area contributed by atoms with Crippen molar-refractivity contribution >= 4 is 17.5 Å². The number of nitrogens with zero attached hydrogens (tertiary/aromatic N) is 1. The predicted molar refractivity (Wildman–Crippen MR) is 84.4 cm³/mol. The molecule has 0 unspecified atom stereocenters. The average Bonchev–Trinajstić information content (AvgIpc) is 2.49. The molecule has 0 aliphatic rings. The SMILES string of the molecule is C#CCN(Cc1ccc(F)cc1)c1ccc(NC(=O)O)cc1.